The number of likely N-dealkylation sites (tertiary alicyclic amines) is 1. The van der Waals surface area contributed by atoms with Crippen molar-refractivity contribution in [2.45, 2.75) is 50.2 Å². The van der Waals surface area contributed by atoms with Gasteiger partial charge in [-0.05, 0) is 50.2 Å². The van der Waals surface area contributed by atoms with Crippen LogP contribution in [-0.4, -0.2) is 53.8 Å². The van der Waals surface area contributed by atoms with Crippen LogP contribution in [0.5, 0.6) is 0 Å². The molecule has 5 nitrogen and oxygen atoms in total. The van der Waals surface area contributed by atoms with Crippen LogP contribution >= 0.6 is 0 Å². The van der Waals surface area contributed by atoms with Crippen molar-refractivity contribution in [3.63, 3.8) is 0 Å². The lowest BCUT2D eigenvalue weighted by Gasteiger charge is -2.46. The summed E-state index contributed by atoms with van der Waals surface area (Å²) in [5, 5.41) is 0. The van der Waals surface area contributed by atoms with E-state index in [4.69, 9.17) is 9.47 Å². The van der Waals surface area contributed by atoms with Gasteiger partial charge in [-0.15, -0.1) is 0 Å². The number of hydrogen-bond acceptors (Lipinski definition) is 4. The second-order valence-electron chi connectivity index (χ2n) is 7.45. The Morgan fingerprint density at radius 1 is 1.25 bits per heavy atom. The van der Waals surface area contributed by atoms with Crippen molar-refractivity contribution in [1.82, 2.24) is 9.88 Å². The molecule has 1 atom stereocenters. The van der Waals surface area contributed by atoms with Gasteiger partial charge in [-0.25, -0.2) is 0 Å². The molecule has 2 aliphatic heterocycles. The highest BCUT2D eigenvalue weighted by Crippen LogP contribution is 2.37. The van der Waals surface area contributed by atoms with Crippen molar-refractivity contribution in [2.75, 3.05) is 26.3 Å². The summed E-state index contributed by atoms with van der Waals surface area (Å²) in [5.74, 6) is 0.910. The minimum atomic E-state index is -0.0819. The molecule has 0 bridgehead atoms. The average Bonchev–Trinajstić information content (AvgIpc) is 3.46. The first-order valence-corrected chi connectivity index (χ1v) is 9.19. The number of carbonyl (C=O) groups is 1. The minimum absolute atomic E-state index is 0.0819. The second kappa shape index (κ2) is 6.81. The van der Waals surface area contributed by atoms with Gasteiger partial charge in [0, 0.05) is 50.7 Å². The van der Waals surface area contributed by atoms with Crippen LogP contribution in [0.15, 0.2) is 24.5 Å². The molecule has 3 aliphatic rings. The molecule has 3 heterocycles. The molecule has 24 heavy (non-hydrogen) atoms. The molecule has 1 amide bonds. The third kappa shape index (κ3) is 3.62. The maximum Gasteiger partial charge on any atom is 0.253 e. The van der Waals surface area contributed by atoms with E-state index in [2.05, 4.69) is 4.98 Å². The zero-order chi connectivity index (χ0) is 16.4. The van der Waals surface area contributed by atoms with E-state index in [0.29, 0.717) is 6.10 Å². The van der Waals surface area contributed by atoms with Gasteiger partial charge >= 0.3 is 0 Å². The molecule has 0 radical (unpaired) electrons. The molecule has 5 heteroatoms. The van der Waals surface area contributed by atoms with Crippen LogP contribution in [-0.2, 0) is 9.47 Å². The molecular formula is C19H26N2O3. The Labute approximate surface area is 143 Å². The van der Waals surface area contributed by atoms with Gasteiger partial charge in [-0.2, -0.15) is 0 Å². The van der Waals surface area contributed by atoms with Crippen LogP contribution in [0.25, 0.3) is 0 Å². The molecule has 1 aromatic heterocycles. The van der Waals surface area contributed by atoms with E-state index in [-0.39, 0.29) is 11.5 Å². The summed E-state index contributed by atoms with van der Waals surface area (Å²) < 4.78 is 12.3. The average molecular weight is 330 g/mol. The predicted octanol–water partition coefficient (Wildman–Crippen LogP) is 2.66. The van der Waals surface area contributed by atoms with E-state index in [0.717, 1.165) is 63.5 Å². The van der Waals surface area contributed by atoms with Gasteiger partial charge in [0.2, 0.25) is 0 Å². The van der Waals surface area contributed by atoms with Gasteiger partial charge in [0.05, 0.1) is 11.7 Å². The first-order chi connectivity index (χ1) is 11.7. The Balaban J connectivity index is 1.32. The van der Waals surface area contributed by atoms with Gasteiger partial charge in [0.15, 0.2) is 0 Å². The molecule has 1 aromatic rings. The highest BCUT2D eigenvalue weighted by atomic mass is 16.5. The first kappa shape index (κ1) is 16.0. The van der Waals surface area contributed by atoms with Crippen molar-refractivity contribution >= 4 is 5.91 Å². The van der Waals surface area contributed by atoms with Gasteiger partial charge in [0.1, 0.15) is 0 Å². The van der Waals surface area contributed by atoms with Gasteiger partial charge < -0.3 is 14.4 Å². The molecule has 1 unspecified atom stereocenters. The molecule has 2 saturated heterocycles. The summed E-state index contributed by atoms with van der Waals surface area (Å²) >= 11 is 0. The normalized spacial score (nSPS) is 26.5. The van der Waals surface area contributed by atoms with Gasteiger partial charge in [-0.3, -0.25) is 9.78 Å². The molecular weight excluding hydrogens is 304 g/mol. The molecule has 0 N–H and O–H groups in total. The van der Waals surface area contributed by atoms with Crippen molar-refractivity contribution in [2.24, 2.45) is 5.92 Å². The fourth-order valence-corrected chi connectivity index (χ4v) is 3.82. The van der Waals surface area contributed by atoms with Crippen LogP contribution in [0.1, 0.15) is 48.9 Å². The topological polar surface area (TPSA) is 51.7 Å². The highest BCUT2D eigenvalue weighted by molar-refractivity contribution is 5.94. The van der Waals surface area contributed by atoms with Crippen molar-refractivity contribution in [3.8, 4) is 0 Å². The Hall–Kier alpha value is -1.46. The number of aromatic nitrogens is 1. The lowest BCUT2D eigenvalue weighted by Crippen LogP contribution is -2.52. The second-order valence-corrected chi connectivity index (χ2v) is 7.45. The van der Waals surface area contributed by atoms with Crippen LogP contribution in [0.4, 0.5) is 0 Å². The highest BCUT2D eigenvalue weighted by Gasteiger charge is 2.42. The van der Waals surface area contributed by atoms with Crippen molar-refractivity contribution < 1.29 is 14.3 Å². The number of rotatable bonds is 4. The largest absolute Gasteiger partial charge is 0.378 e. The summed E-state index contributed by atoms with van der Waals surface area (Å²) in [7, 11) is 0. The summed E-state index contributed by atoms with van der Waals surface area (Å²) in [6, 6.07) is 3.57. The van der Waals surface area contributed by atoms with Crippen molar-refractivity contribution in [3.05, 3.63) is 30.1 Å². The molecule has 0 aromatic carbocycles. The lowest BCUT2D eigenvalue weighted by atomic mass is 9.83. The fourth-order valence-electron chi connectivity index (χ4n) is 3.82. The molecule has 1 aliphatic carbocycles. The third-order valence-electron chi connectivity index (χ3n) is 5.60. The van der Waals surface area contributed by atoms with E-state index in [1.54, 1.807) is 24.5 Å². The quantitative estimate of drug-likeness (QED) is 0.852. The number of carbonyl (C=O) groups excluding carboxylic acids is 1. The van der Waals surface area contributed by atoms with Gasteiger partial charge in [-0.1, -0.05) is 0 Å². The van der Waals surface area contributed by atoms with Crippen LogP contribution in [0.3, 0.4) is 0 Å². The predicted molar refractivity (Wildman–Crippen MR) is 89.8 cm³/mol. The summed E-state index contributed by atoms with van der Waals surface area (Å²) in [5.41, 5.74) is 0.637. The molecule has 1 saturated carbocycles. The summed E-state index contributed by atoms with van der Waals surface area (Å²) in [6.07, 6.45) is 10.2. The van der Waals surface area contributed by atoms with Gasteiger partial charge in [0.25, 0.3) is 5.91 Å². The number of hydrogen-bond donors (Lipinski definition) is 0. The molecule has 3 fully saturated rings. The van der Waals surface area contributed by atoms with E-state index < -0.39 is 0 Å². The Morgan fingerprint density at radius 2 is 2.00 bits per heavy atom. The molecule has 4 rings (SSSR count). The Bertz CT molecular complexity index is 565. The SMILES string of the molecule is O=C(c1ccncc1)N1CCC2(CC1)CC(OCC1CC1)CCO2. The lowest BCUT2D eigenvalue weighted by molar-refractivity contribution is -0.153. The zero-order valence-electron chi connectivity index (χ0n) is 14.2. The third-order valence-corrected chi connectivity index (χ3v) is 5.60. The first-order valence-electron chi connectivity index (χ1n) is 9.19. The number of piperidine rings is 1. The van der Waals surface area contributed by atoms with Crippen LogP contribution < -0.4 is 0 Å². The van der Waals surface area contributed by atoms with E-state index in [9.17, 15) is 4.79 Å². The number of ether oxygens (including phenoxy) is 2. The maximum atomic E-state index is 12.6. The summed E-state index contributed by atoms with van der Waals surface area (Å²) in [6.45, 7) is 3.23. The number of nitrogens with zero attached hydrogens (tertiary/aromatic N) is 2. The Kier molecular flexibility index (Phi) is 4.55. The molecule has 130 valence electrons. The number of pyridine rings is 1. The van der Waals surface area contributed by atoms with Crippen LogP contribution in [0.2, 0.25) is 0 Å². The van der Waals surface area contributed by atoms with E-state index in [1.165, 1.54) is 12.8 Å². The minimum Gasteiger partial charge on any atom is -0.378 e. The smallest absolute Gasteiger partial charge is 0.253 e. The number of amides is 1. The molecule has 1 spiro atoms. The fraction of sp³-hybridized carbons (Fsp3) is 0.684. The monoisotopic (exact) mass is 330 g/mol. The van der Waals surface area contributed by atoms with Crippen molar-refractivity contribution in [1.29, 1.82) is 0 Å². The maximum absolute atomic E-state index is 12.6. The summed E-state index contributed by atoms with van der Waals surface area (Å²) in [4.78, 5) is 18.5. The Morgan fingerprint density at radius 3 is 2.71 bits per heavy atom. The van der Waals surface area contributed by atoms with Crippen LogP contribution in [0, 0.1) is 5.92 Å². The zero-order valence-corrected chi connectivity index (χ0v) is 14.2. The standard InChI is InChI=1S/C19H26N2O3/c22-18(16-3-8-20-9-4-16)21-10-6-19(7-11-21)13-17(5-12-24-19)23-14-15-1-2-15/h3-4,8-9,15,17H,1-2,5-7,10-14H2. The van der Waals surface area contributed by atoms with E-state index >= 15 is 0 Å². The van der Waals surface area contributed by atoms with E-state index in [1.807, 2.05) is 4.90 Å².